The molecule has 1 heterocycles. The van der Waals surface area contributed by atoms with Crippen LogP contribution >= 0.6 is 11.6 Å². The number of pyridine rings is 1. The van der Waals surface area contributed by atoms with E-state index < -0.39 is 17.9 Å². The molecular formula is C7H6ClF2NO2. The van der Waals surface area contributed by atoms with E-state index in [1.54, 1.807) is 0 Å². The molecule has 0 saturated carbocycles. The smallest absolute Gasteiger partial charge is 0.284 e. The van der Waals surface area contributed by atoms with Crippen LogP contribution in [0, 0.1) is 0 Å². The minimum absolute atomic E-state index is 0.00981. The van der Waals surface area contributed by atoms with E-state index in [0.29, 0.717) is 0 Å². The third kappa shape index (κ3) is 1.80. The monoisotopic (exact) mass is 209 g/mol. The molecule has 1 aromatic rings. The molecule has 0 fully saturated rings. The minimum atomic E-state index is -2.86. The van der Waals surface area contributed by atoms with E-state index in [-0.39, 0.29) is 10.8 Å². The molecule has 0 aromatic carbocycles. The Kier molecular flexibility index (Phi) is 2.87. The minimum Gasteiger partial charge on any atom is -0.503 e. The lowest BCUT2D eigenvalue weighted by molar-refractivity contribution is 0.141. The molecular weight excluding hydrogens is 204 g/mol. The number of methoxy groups -OCH3 is 1. The summed E-state index contributed by atoms with van der Waals surface area (Å²) in [5, 5.41) is 9.18. The summed E-state index contributed by atoms with van der Waals surface area (Å²) in [7, 11) is 1.22. The summed E-state index contributed by atoms with van der Waals surface area (Å²) in [4.78, 5) is 3.27. The quantitative estimate of drug-likeness (QED) is 0.813. The van der Waals surface area contributed by atoms with Gasteiger partial charge in [0.25, 0.3) is 6.43 Å². The normalized spacial score (nSPS) is 10.5. The molecule has 1 N–H and O–H groups in total. The molecule has 0 spiro atoms. The summed E-state index contributed by atoms with van der Waals surface area (Å²) in [5.41, 5.74) is -0.735. The Morgan fingerprint density at radius 3 is 2.69 bits per heavy atom. The SMILES string of the molecule is COc1c(Cl)cnc(C(F)F)c1O. The van der Waals surface area contributed by atoms with Gasteiger partial charge in [-0.3, -0.25) is 0 Å². The zero-order valence-corrected chi connectivity index (χ0v) is 7.35. The van der Waals surface area contributed by atoms with Crippen LogP contribution in [0.4, 0.5) is 8.78 Å². The van der Waals surface area contributed by atoms with Crippen LogP contribution in [0.1, 0.15) is 12.1 Å². The lowest BCUT2D eigenvalue weighted by Gasteiger charge is -2.08. The number of halogens is 3. The first-order valence-corrected chi connectivity index (χ1v) is 3.65. The van der Waals surface area contributed by atoms with Crippen LogP contribution in [0.2, 0.25) is 5.02 Å². The van der Waals surface area contributed by atoms with Gasteiger partial charge in [-0.2, -0.15) is 0 Å². The third-order valence-corrected chi connectivity index (χ3v) is 1.67. The van der Waals surface area contributed by atoms with E-state index >= 15 is 0 Å². The molecule has 1 aromatic heterocycles. The number of alkyl halides is 2. The highest BCUT2D eigenvalue weighted by atomic mass is 35.5. The van der Waals surface area contributed by atoms with Crippen LogP contribution in [0.15, 0.2) is 6.20 Å². The van der Waals surface area contributed by atoms with E-state index in [9.17, 15) is 13.9 Å². The lowest BCUT2D eigenvalue weighted by Crippen LogP contribution is -1.94. The second kappa shape index (κ2) is 3.74. The van der Waals surface area contributed by atoms with Crippen LogP contribution in [0.25, 0.3) is 0 Å². The second-order valence-corrected chi connectivity index (χ2v) is 2.58. The molecule has 3 nitrogen and oxygen atoms in total. The molecule has 72 valence electrons. The molecule has 0 aliphatic heterocycles. The van der Waals surface area contributed by atoms with Gasteiger partial charge in [-0.15, -0.1) is 0 Å². The summed E-state index contributed by atoms with van der Waals surface area (Å²) in [6, 6.07) is 0. The van der Waals surface area contributed by atoms with Gasteiger partial charge in [-0.25, -0.2) is 13.8 Å². The molecule has 6 heteroatoms. The average molecular weight is 210 g/mol. The van der Waals surface area contributed by atoms with Gasteiger partial charge in [-0.1, -0.05) is 11.6 Å². The van der Waals surface area contributed by atoms with Gasteiger partial charge in [-0.05, 0) is 0 Å². The van der Waals surface area contributed by atoms with Gasteiger partial charge in [0.2, 0.25) is 0 Å². The Hall–Kier alpha value is -1.10. The van der Waals surface area contributed by atoms with Crippen molar-refractivity contribution in [2.24, 2.45) is 0 Å². The Bertz CT molecular complexity index is 320. The topological polar surface area (TPSA) is 42.4 Å². The van der Waals surface area contributed by atoms with Crippen molar-refractivity contribution < 1.29 is 18.6 Å². The van der Waals surface area contributed by atoms with Crippen LogP contribution in [-0.2, 0) is 0 Å². The zero-order valence-electron chi connectivity index (χ0n) is 6.59. The Morgan fingerprint density at radius 2 is 2.23 bits per heavy atom. The number of aromatic hydroxyl groups is 1. The van der Waals surface area contributed by atoms with Gasteiger partial charge >= 0.3 is 0 Å². The van der Waals surface area contributed by atoms with Crippen molar-refractivity contribution >= 4 is 11.6 Å². The molecule has 0 bridgehead atoms. The molecule has 0 saturated heterocycles. The van der Waals surface area contributed by atoms with Gasteiger partial charge in [0.1, 0.15) is 5.02 Å². The standard InChI is InChI=1S/C7H6ClF2NO2/c1-13-6-3(8)2-11-4(5(6)12)7(9)10/h2,7,12H,1H3. The molecule has 0 aliphatic carbocycles. The number of rotatable bonds is 2. The predicted octanol–water partition coefficient (Wildman–Crippen LogP) is 2.39. The highest BCUT2D eigenvalue weighted by Gasteiger charge is 2.20. The Labute approximate surface area is 77.9 Å². The van der Waals surface area contributed by atoms with E-state index in [0.717, 1.165) is 6.20 Å². The number of aromatic nitrogens is 1. The first kappa shape index (κ1) is 9.98. The van der Waals surface area contributed by atoms with Crippen molar-refractivity contribution in [3.05, 3.63) is 16.9 Å². The number of hydrogen-bond acceptors (Lipinski definition) is 3. The largest absolute Gasteiger partial charge is 0.503 e. The van der Waals surface area contributed by atoms with Gasteiger partial charge in [0.15, 0.2) is 17.2 Å². The Balaban J connectivity index is 3.27. The molecule has 0 aliphatic rings. The maximum Gasteiger partial charge on any atom is 0.284 e. The molecule has 0 atom stereocenters. The maximum absolute atomic E-state index is 12.2. The molecule has 1 rings (SSSR count). The summed E-state index contributed by atoms with van der Waals surface area (Å²) in [5.74, 6) is -0.906. The van der Waals surface area contributed by atoms with Crippen molar-refractivity contribution in [3.63, 3.8) is 0 Å². The summed E-state index contributed by atoms with van der Waals surface area (Å²) < 4.78 is 28.9. The predicted molar refractivity (Wildman–Crippen MR) is 42.4 cm³/mol. The molecule has 0 amide bonds. The van der Waals surface area contributed by atoms with Crippen LogP contribution in [0.5, 0.6) is 11.5 Å². The van der Waals surface area contributed by atoms with Crippen molar-refractivity contribution in [1.29, 1.82) is 0 Å². The lowest BCUT2D eigenvalue weighted by atomic mass is 10.3. The van der Waals surface area contributed by atoms with Crippen molar-refractivity contribution in [2.45, 2.75) is 6.43 Å². The second-order valence-electron chi connectivity index (χ2n) is 2.17. The molecule has 0 unspecified atom stereocenters. The number of nitrogens with zero attached hydrogens (tertiary/aromatic N) is 1. The van der Waals surface area contributed by atoms with E-state index in [4.69, 9.17) is 11.6 Å². The number of hydrogen-bond donors (Lipinski definition) is 1. The van der Waals surface area contributed by atoms with Gasteiger partial charge < -0.3 is 9.84 Å². The highest BCUT2D eigenvalue weighted by molar-refractivity contribution is 6.32. The van der Waals surface area contributed by atoms with Crippen molar-refractivity contribution in [3.8, 4) is 11.5 Å². The van der Waals surface area contributed by atoms with Gasteiger partial charge in [0.05, 0.1) is 13.3 Å². The summed E-state index contributed by atoms with van der Waals surface area (Å²) in [6.07, 6.45) is -1.85. The maximum atomic E-state index is 12.2. The van der Waals surface area contributed by atoms with Gasteiger partial charge in [0, 0.05) is 0 Å². The van der Waals surface area contributed by atoms with Crippen LogP contribution in [-0.4, -0.2) is 17.2 Å². The zero-order chi connectivity index (χ0) is 10.0. The van der Waals surface area contributed by atoms with E-state index in [1.165, 1.54) is 7.11 Å². The van der Waals surface area contributed by atoms with Crippen molar-refractivity contribution in [2.75, 3.05) is 7.11 Å². The fourth-order valence-corrected chi connectivity index (χ4v) is 1.04. The summed E-state index contributed by atoms with van der Waals surface area (Å²) >= 11 is 5.51. The first-order valence-electron chi connectivity index (χ1n) is 3.27. The van der Waals surface area contributed by atoms with E-state index in [1.807, 2.05) is 0 Å². The number of ether oxygens (including phenoxy) is 1. The Morgan fingerprint density at radius 1 is 1.62 bits per heavy atom. The first-order chi connectivity index (χ1) is 6.07. The third-order valence-electron chi connectivity index (χ3n) is 1.40. The fraction of sp³-hybridized carbons (Fsp3) is 0.286. The summed E-state index contributed by atoms with van der Waals surface area (Å²) in [6.45, 7) is 0. The fourth-order valence-electron chi connectivity index (χ4n) is 0.829. The molecule has 13 heavy (non-hydrogen) atoms. The van der Waals surface area contributed by atoms with Crippen molar-refractivity contribution in [1.82, 2.24) is 4.98 Å². The molecule has 0 radical (unpaired) electrons. The highest BCUT2D eigenvalue weighted by Crippen LogP contribution is 2.38. The van der Waals surface area contributed by atoms with E-state index in [2.05, 4.69) is 9.72 Å². The average Bonchev–Trinajstić information content (AvgIpc) is 2.04. The van der Waals surface area contributed by atoms with Crippen LogP contribution < -0.4 is 4.74 Å². The van der Waals surface area contributed by atoms with Crippen LogP contribution in [0.3, 0.4) is 0 Å².